The molecule has 0 aromatic carbocycles. The van der Waals surface area contributed by atoms with Crippen LogP contribution in [0.2, 0.25) is 0 Å². The number of hydrogen-bond donors (Lipinski definition) is 2. The highest BCUT2D eigenvalue weighted by atomic mass is 16.4. The van der Waals surface area contributed by atoms with E-state index >= 15 is 0 Å². The maximum absolute atomic E-state index is 11.7. The summed E-state index contributed by atoms with van der Waals surface area (Å²) in [7, 11) is 1.58. The molecule has 0 saturated carbocycles. The van der Waals surface area contributed by atoms with Gasteiger partial charge in [-0.25, -0.2) is 4.79 Å². The van der Waals surface area contributed by atoms with E-state index in [1.54, 1.807) is 20.9 Å². The Morgan fingerprint density at radius 3 is 2.33 bits per heavy atom. The number of carbonyl (C=O) groups is 2. The number of aliphatic carboxylic acids is 1. The second-order valence-electron chi connectivity index (χ2n) is 4.28. The summed E-state index contributed by atoms with van der Waals surface area (Å²) in [5, 5.41) is 20.2. The Morgan fingerprint density at radius 2 is 1.94 bits per heavy atom. The largest absolute Gasteiger partial charge is 0.481 e. The lowest BCUT2D eigenvalue weighted by Crippen LogP contribution is -2.46. The quantitative estimate of drug-likeness (QED) is 0.719. The van der Waals surface area contributed by atoms with Crippen molar-refractivity contribution in [3.05, 3.63) is 0 Å². The van der Waals surface area contributed by atoms with Gasteiger partial charge >= 0.3 is 12.0 Å². The van der Waals surface area contributed by atoms with Gasteiger partial charge in [0.1, 0.15) is 0 Å². The standard InChI is InChI=1S/C12H21N3O3/c1-4-12(5-2,10(16)17)9-14-11(18)15(3)8-6-7-13/h4-6,8-9H2,1-3H3,(H,14,18)(H,16,17). The average Bonchev–Trinajstić information content (AvgIpc) is 2.36. The van der Waals surface area contributed by atoms with Gasteiger partial charge in [-0.2, -0.15) is 5.26 Å². The van der Waals surface area contributed by atoms with E-state index in [2.05, 4.69) is 5.32 Å². The molecule has 0 aromatic heterocycles. The predicted octanol–water partition coefficient (Wildman–Crippen LogP) is 1.43. The van der Waals surface area contributed by atoms with E-state index in [1.165, 1.54) is 4.90 Å². The van der Waals surface area contributed by atoms with Crippen molar-refractivity contribution in [2.75, 3.05) is 20.1 Å². The number of nitrogens with zero attached hydrogens (tertiary/aromatic N) is 2. The second kappa shape index (κ2) is 7.54. The van der Waals surface area contributed by atoms with Gasteiger partial charge in [0.25, 0.3) is 0 Å². The molecule has 2 amide bonds. The van der Waals surface area contributed by atoms with Crippen molar-refractivity contribution < 1.29 is 14.7 Å². The van der Waals surface area contributed by atoms with E-state index in [0.717, 1.165) is 0 Å². The van der Waals surface area contributed by atoms with Crippen LogP contribution < -0.4 is 5.32 Å². The molecule has 0 spiro atoms. The summed E-state index contributed by atoms with van der Waals surface area (Å²) >= 11 is 0. The zero-order valence-electron chi connectivity index (χ0n) is 11.2. The van der Waals surface area contributed by atoms with Crippen molar-refractivity contribution >= 4 is 12.0 Å². The monoisotopic (exact) mass is 255 g/mol. The van der Waals surface area contributed by atoms with Gasteiger partial charge in [-0.1, -0.05) is 13.8 Å². The van der Waals surface area contributed by atoms with Crippen LogP contribution >= 0.6 is 0 Å². The first-order valence-corrected chi connectivity index (χ1v) is 6.02. The van der Waals surface area contributed by atoms with E-state index in [0.29, 0.717) is 19.4 Å². The van der Waals surface area contributed by atoms with Crippen molar-refractivity contribution in [1.82, 2.24) is 10.2 Å². The number of nitrogens with one attached hydrogen (secondary N) is 1. The molecule has 2 N–H and O–H groups in total. The molecule has 0 unspecified atom stereocenters. The molecule has 0 aliphatic heterocycles. The molecule has 0 fully saturated rings. The normalized spacial score (nSPS) is 10.6. The maximum Gasteiger partial charge on any atom is 0.317 e. The molecule has 0 aromatic rings. The average molecular weight is 255 g/mol. The number of carboxylic acids is 1. The van der Waals surface area contributed by atoms with Crippen LogP contribution in [-0.2, 0) is 4.79 Å². The minimum absolute atomic E-state index is 0.102. The predicted molar refractivity (Wildman–Crippen MR) is 66.9 cm³/mol. The lowest BCUT2D eigenvalue weighted by molar-refractivity contribution is -0.149. The van der Waals surface area contributed by atoms with Gasteiger partial charge in [-0.05, 0) is 12.8 Å². The molecule has 0 heterocycles. The van der Waals surface area contributed by atoms with E-state index in [-0.39, 0.29) is 19.0 Å². The molecule has 6 heteroatoms. The van der Waals surface area contributed by atoms with Crippen molar-refractivity contribution in [2.24, 2.45) is 5.41 Å². The highest BCUT2D eigenvalue weighted by Gasteiger charge is 2.35. The van der Waals surface area contributed by atoms with E-state index in [4.69, 9.17) is 5.26 Å². The lowest BCUT2D eigenvalue weighted by Gasteiger charge is -2.28. The van der Waals surface area contributed by atoms with Gasteiger partial charge < -0.3 is 15.3 Å². The molecule has 0 atom stereocenters. The van der Waals surface area contributed by atoms with Crippen LogP contribution in [0.5, 0.6) is 0 Å². The van der Waals surface area contributed by atoms with Crippen LogP contribution in [0, 0.1) is 16.7 Å². The van der Waals surface area contributed by atoms with E-state index in [1.807, 2.05) is 6.07 Å². The third kappa shape index (κ3) is 4.24. The van der Waals surface area contributed by atoms with E-state index in [9.17, 15) is 14.7 Å². The molecule has 18 heavy (non-hydrogen) atoms. The number of amides is 2. The molecule has 0 aliphatic carbocycles. The van der Waals surface area contributed by atoms with Crippen LogP contribution in [0.1, 0.15) is 33.1 Å². The molecular weight excluding hydrogens is 234 g/mol. The summed E-state index contributed by atoms with van der Waals surface area (Å²) in [5.74, 6) is -0.896. The number of hydrogen-bond acceptors (Lipinski definition) is 3. The highest BCUT2D eigenvalue weighted by Crippen LogP contribution is 2.25. The fraction of sp³-hybridized carbons (Fsp3) is 0.750. The van der Waals surface area contributed by atoms with Crippen LogP contribution in [-0.4, -0.2) is 42.1 Å². The summed E-state index contributed by atoms with van der Waals surface area (Å²) in [4.78, 5) is 24.3. The van der Waals surface area contributed by atoms with Gasteiger partial charge in [0, 0.05) is 20.1 Å². The molecule has 0 saturated heterocycles. The molecular formula is C12H21N3O3. The zero-order chi connectivity index (χ0) is 14.2. The molecule has 0 rings (SSSR count). The summed E-state index contributed by atoms with van der Waals surface area (Å²) in [6.45, 7) is 4.03. The molecule has 0 aliphatic rings. The third-order valence-corrected chi connectivity index (χ3v) is 3.29. The number of carboxylic acid groups (broad SMARTS) is 1. The van der Waals surface area contributed by atoms with Crippen molar-refractivity contribution in [3.63, 3.8) is 0 Å². The number of rotatable bonds is 7. The van der Waals surface area contributed by atoms with Crippen molar-refractivity contribution in [2.45, 2.75) is 33.1 Å². The second-order valence-corrected chi connectivity index (χ2v) is 4.28. The Morgan fingerprint density at radius 1 is 1.39 bits per heavy atom. The molecule has 0 radical (unpaired) electrons. The molecule has 0 bridgehead atoms. The van der Waals surface area contributed by atoms with Gasteiger partial charge in [0.15, 0.2) is 0 Å². The van der Waals surface area contributed by atoms with Crippen LogP contribution in [0.3, 0.4) is 0 Å². The van der Waals surface area contributed by atoms with E-state index < -0.39 is 11.4 Å². The summed E-state index contributed by atoms with van der Waals surface area (Å²) in [6, 6.07) is 1.60. The highest BCUT2D eigenvalue weighted by molar-refractivity contribution is 5.78. The molecule has 102 valence electrons. The Bertz CT molecular complexity index is 332. The first-order chi connectivity index (χ1) is 8.43. The summed E-state index contributed by atoms with van der Waals surface area (Å²) in [5.41, 5.74) is -0.911. The summed E-state index contributed by atoms with van der Waals surface area (Å²) in [6.07, 6.45) is 1.18. The van der Waals surface area contributed by atoms with Crippen molar-refractivity contribution in [1.29, 1.82) is 5.26 Å². The topological polar surface area (TPSA) is 93.4 Å². The van der Waals surface area contributed by atoms with Gasteiger partial charge in [-0.15, -0.1) is 0 Å². The zero-order valence-corrected chi connectivity index (χ0v) is 11.2. The SMILES string of the molecule is CCC(CC)(CNC(=O)N(C)CCC#N)C(=O)O. The summed E-state index contributed by atoms with van der Waals surface area (Å²) < 4.78 is 0. The first-order valence-electron chi connectivity index (χ1n) is 6.02. The Labute approximate surface area is 108 Å². The number of carbonyl (C=O) groups excluding carboxylic acids is 1. The minimum atomic E-state index is -0.911. The van der Waals surface area contributed by atoms with Gasteiger partial charge in [0.2, 0.25) is 0 Å². The lowest BCUT2D eigenvalue weighted by atomic mass is 9.82. The maximum atomic E-state index is 11.7. The number of urea groups is 1. The van der Waals surface area contributed by atoms with Crippen LogP contribution in [0.4, 0.5) is 4.79 Å². The van der Waals surface area contributed by atoms with Gasteiger partial charge in [-0.3, -0.25) is 4.79 Å². The minimum Gasteiger partial charge on any atom is -0.481 e. The number of nitriles is 1. The Hall–Kier alpha value is -1.77. The Kier molecular flexibility index (Phi) is 6.79. The Balaban J connectivity index is 4.41. The third-order valence-electron chi connectivity index (χ3n) is 3.29. The first kappa shape index (κ1) is 16.2. The van der Waals surface area contributed by atoms with Crippen molar-refractivity contribution in [3.8, 4) is 6.07 Å². The van der Waals surface area contributed by atoms with Gasteiger partial charge in [0.05, 0.1) is 17.9 Å². The fourth-order valence-electron chi connectivity index (χ4n) is 1.58. The van der Waals surface area contributed by atoms with Crippen LogP contribution in [0.15, 0.2) is 0 Å². The van der Waals surface area contributed by atoms with Crippen LogP contribution in [0.25, 0.3) is 0 Å². The fourth-order valence-corrected chi connectivity index (χ4v) is 1.58. The molecule has 6 nitrogen and oxygen atoms in total. The smallest absolute Gasteiger partial charge is 0.317 e.